The highest BCUT2D eigenvalue weighted by Gasteiger charge is 2.20. The van der Waals surface area contributed by atoms with E-state index in [0.29, 0.717) is 25.1 Å². The Morgan fingerprint density at radius 3 is 2.39 bits per heavy atom. The summed E-state index contributed by atoms with van der Waals surface area (Å²) in [6, 6.07) is 6.47. The normalized spacial score (nSPS) is 13.3. The van der Waals surface area contributed by atoms with E-state index in [1.165, 1.54) is 0 Å². The van der Waals surface area contributed by atoms with Crippen LogP contribution < -0.4 is 15.2 Å². The molecule has 0 unspecified atom stereocenters. The lowest BCUT2D eigenvalue weighted by Crippen LogP contribution is -2.94. The van der Waals surface area contributed by atoms with Crippen LogP contribution in [0.15, 0.2) is 24.3 Å². The Labute approximate surface area is 138 Å². The molecule has 0 heterocycles. The molecule has 0 aliphatic carbocycles. The topological polar surface area (TPSA) is 83.0 Å². The molecule has 0 bridgehead atoms. The third-order valence-electron chi connectivity index (χ3n) is 3.97. The number of carbonyl (C=O) groups is 2. The number of benzene rings is 1. The number of carboxylic acid groups (broad SMARTS) is 1. The van der Waals surface area contributed by atoms with Gasteiger partial charge in [-0.2, -0.15) is 0 Å². The molecule has 2 N–H and O–H groups in total. The van der Waals surface area contributed by atoms with Gasteiger partial charge in [0.2, 0.25) is 0 Å². The van der Waals surface area contributed by atoms with Gasteiger partial charge in [0, 0.05) is 11.5 Å². The van der Waals surface area contributed by atoms with Gasteiger partial charge in [-0.15, -0.1) is 0 Å². The third-order valence-corrected chi connectivity index (χ3v) is 3.97. The number of quaternary nitrogens is 1. The minimum atomic E-state index is -1.07. The summed E-state index contributed by atoms with van der Waals surface area (Å²) in [6.07, 6.45) is 2.00. The SMILES string of the molecule is CCCOc1ccc(C(=O)CC[NH2+][C@@H](C(=O)[O-])[C@@H](C)CC)cc1. The van der Waals surface area contributed by atoms with Gasteiger partial charge in [0.25, 0.3) is 0 Å². The van der Waals surface area contributed by atoms with Gasteiger partial charge < -0.3 is 20.0 Å². The number of carboxylic acids is 1. The Balaban J connectivity index is 2.48. The Kier molecular flexibility index (Phi) is 8.33. The molecule has 0 saturated heterocycles. The van der Waals surface area contributed by atoms with Gasteiger partial charge in [0.15, 0.2) is 5.78 Å². The maximum atomic E-state index is 12.1. The average Bonchev–Trinajstić information content (AvgIpc) is 2.56. The number of hydrogen-bond acceptors (Lipinski definition) is 4. The summed E-state index contributed by atoms with van der Waals surface area (Å²) in [5.41, 5.74) is 0.621. The molecular formula is C18H27NO4. The smallest absolute Gasteiger partial charge is 0.168 e. The van der Waals surface area contributed by atoms with Crippen LogP contribution in [-0.2, 0) is 4.79 Å². The zero-order valence-electron chi connectivity index (χ0n) is 14.2. The highest BCUT2D eigenvalue weighted by atomic mass is 16.5. The summed E-state index contributed by atoms with van der Waals surface area (Å²) in [5.74, 6) is -0.289. The first kappa shape index (κ1) is 19.2. The van der Waals surface area contributed by atoms with Crippen molar-refractivity contribution in [3.05, 3.63) is 29.8 Å². The predicted molar refractivity (Wildman–Crippen MR) is 86.2 cm³/mol. The number of hydrogen-bond donors (Lipinski definition) is 1. The minimum absolute atomic E-state index is 0.00420. The van der Waals surface area contributed by atoms with Gasteiger partial charge in [-0.25, -0.2) is 0 Å². The van der Waals surface area contributed by atoms with Crippen LogP contribution in [0.5, 0.6) is 5.75 Å². The average molecular weight is 321 g/mol. The molecule has 1 aromatic carbocycles. The first-order chi connectivity index (χ1) is 11.0. The van der Waals surface area contributed by atoms with Crippen LogP contribution in [0, 0.1) is 5.92 Å². The van der Waals surface area contributed by atoms with Crippen molar-refractivity contribution < 1.29 is 24.7 Å². The van der Waals surface area contributed by atoms with E-state index in [1.54, 1.807) is 29.6 Å². The second-order valence-corrected chi connectivity index (χ2v) is 5.80. The van der Waals surface area contributed by atoms with E-state index in [0.717, 1.165) is 18.6 Å². The lowest BCUT2D eigenvalue weighted by molar-refractivity contribution is -0.688. The quantitative estimate of drug-likeness (QED) is 0.610. The van der Waals surface area contributed by atoms with Crippen molar-refractivity contribution >= 4 is 11.8 Å². The number of aliphatic carboxylic acids is 1. The van der Waals surface area contributed by atoms with Crippen LogP contribution in [0.3, 0.4) is 0 Å². The van der Waals surface area contributed by atoms with Gasteiger partial charge in [0.1, 0.15) is 11.8 Å². The number of carbonyl (C=O) groups excluding carboxylic acids is 2. The molecule has 0 aromatic heterocycles. The van der Waals surface area contributed by atoms with E-state index < -0.39 is 12.0 Å². The molecule has 128 valence electrons. The summed E-state index contributed by atoms with van der Waals surface area (Å²) < 4.78 is 5.48. The van der Waals surface area contributed by atoms with Crippen molar-refractivity contribution in [3.63, 3.8) is 0 Å². The molecule has 0 aliphatic heterocycles. The van der Waals surface area contributed by atoms with Crippen LogP contribution >= 0.6 is 0 Å². The Bertz CT molecular complexity index is 498. The lowest BCUT2D eigenvalue weighted by Gasteiger charge is -2.21. The van der Waals surface area contributed by atoms with E-state index in [9.17, 15) is 14.7 Å². The standard InChI is InChI=1S/C18H27NO4/c1-4-12-23-15-8-6-14(7-9-15)16(20)10-11-19-17(18(21)22)13(3)5-2/h6-9,13,17,19H,4-5,10-12H2,1-3H3,(H,21,22)/t13-,17+/m0/s1. The van der Waals surface area contributed by atoms with Crippen molar-refractivity contribution in [1.29, 1.82) is 0 Å². The van der Waals surface area contributed by atoms with E-state index >= 15 is 0 Å². The van der Waals surface area contributed by atoms with Crippen molar-refractivity contribution in [1.82, 2.24) is 0 Å². The molecule has 5 nitrogen and oxygen atoms in total. The van der Waals surface area contributed by atoms with Gasteiger partial charge >= 0.3 is 0 Å². The van der Waals surface area contributed by atoms with Crippen molar-refractivity contribution in [2.45, 2.75) is 46.1 Å². The number of ketones is 1. The molecule has 5 heteroatoms. The molecule has 0 aliphatic rings. The highest BCUT2D eigenvalue weighted by Crippen LogP contribution is 2.13. The molecular weight excluding hydrogens is 294 g/mol. The predicted octanol–water partition coefficient (Wildman–Crippen LogP) is 0.776. The Morgan fingerprint density at radius 1 is 1.22 bits per heavy atom. The molecule has 0 amide bonds. The van der Waals surface area contributed by atoms with E-state index in [2.05, 4.69) is 0 Å². The molecule has 23 heavy (non-hydrogen) atoms. The molecule has 0 fully saturated rings. The third kappa shape index (κ3) is 6.40. The highest BCUT2D eigenvalue weighted by molar-refractivity contribution is 5.96. The van der Waals surface area contributed by atoms with Crippen LogP contribution in [0.4, 0.5) is 0 Å². The second-order valence-electron chi connectivity index (χ2n) is 5.80. The lowest BCUT2D eigenvalue weighted by atomic mass is 9.99. The molecule has 0 saturated carbocycles. The number of Topliss-reactive ketones (excluding diaryl/α,β-unsaturated/α-hetero) is 1. The number of ether oxygens (including phenoxy) is 1. The van der Waals surface area contributed by atoms with Crippen molar-refractivity contribution in [2.75, 3.05) is 13.2 Å². The molecule has 0 radical (unpaired) electrons. The zero-order chi connectivity index (χ0) is 17.2. The van der Waals surface area contributed by atoms with Gasteiger partial charge in [-0.05, 0) is 37.1 Å². The summed E-state index contributed by atoms with van der Waals surface area (Å²) in [4.78, 5) is 23.3. The fourth-order valence-electron chi connectivity index (χ4n) is 2.31. The first-order valence-corrected chi connectivity index (χ1v) is 8.29. The maximum Gasteiger partial charge on any atom is 0.168 e. The monoisotopic (exact) mass is 321 g/mol. The van der Waals surface area contributed by atoms with Gasteiger partial charge in [0.05, 0.1) is 25.5 Å². The first-order valence-electron chi connectivity index (χ1n) is 8.29. The summed E-state index contributed by atoms with van der Waals surface area (Å²) in [5, 5.41) is 12.8. The zero-order valence-corrected chi connectivity index (χ0v) is 14.2. The Morgan fingerprint density at radius 2 is 1.87 bits per heavy atom. The summed E-state index contributed by atoms with van der Waals surface area (Å²) in [7, 11) is 0. The van der Waals surface area contributed by atoms with Gasteiger partial charge in [-0.3, -0.25) is 4.79 Å². The van der Waals surface area contributed by atoms with Crippen LogP contribution in [0.25, 0.3) is 0 Å². The van der Waals surface area contributed by atoms with Crippen molar-refractivity contribution in [3.8, 4) is 5.75 Å². The molecule has 1 rings (SSSR count). The molecule has 1 aromatic rings. The van der Waals surface area contributed by atoms with Crippen LogP contribution in [0.1, 0.15) is 50.4 Å². The van der Waals surface area contributed by atoms with Crippen LogP contribution in [0.2, 0.25) is 0 Å². The fraction of sp³-hybridized carbons (Fsp3) is 0.556. The fourth-order valence-corrected chi connectivity index (χ4v) is 2.31. The van der Waals surface area contributed by atoms with Crippen LogP contribution in [-0.4, -0.2) is 30.9 Å². The minimum Gasteiger partial charge on any atom is -0.544 e. The second kappa shape index (κ2) is 10.0. The van der Waals surface area contributed by atoms with E-state index in [1.807, 2.05) is 20.8 Å². The number of rotatable bonds is 11. The largest absolute Gasteiger partial charge is 0.544 e. The van der Waals surface area contributed by atoms with Crippen molar-refractivity contribution in [2.24, 2.45) is 5.92 Å². The van der Waals surface area contributed by atoms with E-state index in [-0.39, 0.29) is 11.7 Å². The summed E-state index contributed by atoms with van der Waals surface area (Å²) >= 11 is 0. The van der Waals surface area contributed by atoms with E-state index in [4.69, 9.17) is 4.74 Å². The maximum absolute atomic E-state index is 12.1. The Hall–Kier alpha value is -1.88. The molecule has 0 spiro atoms. The molecule has 2 atom stereocenters. The summed E-state index contributed by atoms with van der Waals surface area (Å²) in [6.45, 7) is 6.96. The number of nitrogens with two attached hydrogens (primary N) is 1. The van der Waals surface area contributed by atoms with Gasteiger partial charge in [-0.1, -0.05) is 20.8 Å².